The number of pyridine rings is 1. The minimum Gasteiger partial charge on any atom is -0.493 e. The number of hydrogen-bond donors (Lipinski definition) is 1. The Balaban J connectivity index is 0.00000225. The smallest absolute Gasteiger partial charge is 0.180 e. The van der Waals surface area contributed by atoms with Crippen LogP contribution in [0.25, 0.3) is 0 Å². The molecule has 0 atom stereocenters. The minimum absolute atomic E-state index is 0. The summed E-state index contributed by atoms with van der Waals surface area (Å²) in [5.41, 5.74) is 2.10. The van der Waals surface area contributed by atoms with Gasteiger partial charge in [-0.3, -0.25) is 4.98 Å². The summed E-state index contributed by atoms with van der Waals surface area (Å²) in [6, 6.07) is 8.41. The molecule has 0 unspecified atom stereocenters. The molecule has 0 spiro atoms. The first-order valence-corrected chi connectivity index (χ1v) is 8.75. The van der Waals surface area contributed by atoms with Crippen molar-refractivity contribution in [2.45, 2.75) is 44.9 Å². The average molecular weight is 383 g/mol. The van der Waals surface area contributed by atoms with Crippen LogP contribution in [0.4, 0.5) is 0 Å². The Hall–Kier alpha value is -1.49. The van der Waals surface area contributed by atoms with E-state index < -0.39 is 0 Å². The fourth-order valence-corrected chi connectivity index (χ4v) is 3.33. The molecule has 1 aromatic carbocycles. The Morgan fingerprint density at radius 3 is 2.72 bits per heavy atom. The molecule has 0 radical (unpaired) electrons. The molecule has 0 bridgehead atoms. The van der Waals surface area contributed by atoms with Gasteiger partial charge in [-0.25, -0.2) is 0 Å². The summed E-state index contributed by atoms with van der Waals surface area (Å²) in [5, 5.41) is 4.16. The highest BCUT2D eigenvalue weighted by Gasteiger charge is 2.16. The van der Waals surface area contributed by atoms with Crippen LogP contribution >= 0.6 is 24.0 Å². The molecule has 1 aliphatic rings. The van der Waals surface area contributed by atoms with Crippen LogP contribution in [0, 0.1) is 0 Å². The number of aromatic nitrogens is 1. The molecule has 0 aliphatic heterocycles. The van der Waals surface area contributed by atoms with Crippen molar-refractivity contribution in [3.05, 3.63) is 52.8 Å². The van der Waals surface area contributed by atoms with Gasteiger partial charge >= 0.3 is 0 Å². The number of nitrogens with zero attached hydrogens (tertiary/aromatic N) is 1. The van der Waals surface area contributed by atoms with E-state index in [0.717, 1.165) is 17.7 Å². The molecule has 25 heavy (non-hydrogen) atoms. The molecule has 136 valence electrons. The first kappa shape index (κ1) is 19.8. The van der Waals surface area contributed by atoms with Crippen LogP contribution in [-0.2, 0) is 13.2 Å². The van der Waals surface area contributed by atoms with E-state index in [9.17, 15) is 0 Å². The predicted octanol–water partition coefficient (Wildman–Crippen LogP) is 4.78. The number of hydrogen-bond acceptors (Lipinski definition) is 4. The minimum atomic E-state index is 0. The van der Waals surface area contributed by atoms with Crippen LogP contribution in [0.2, 0.25) is 5.02 Å². The molecule has 0 saturated heterocycles. The van der Waals surface area contributed by atoms with Crippen LogP contribution in [0.15, 0.2) is 36.7 Å². The molecule has 6 heteroatoms. The molecule has 4 nitrogen and oxygen atoms in total. The topological polar surface area (TPSA) is 43.4 Å². The van der Waals surface area contributed by atoms with Crippen molar-refractivity contribution in [2.75, 3.05) is 7.11 Å². The van der Waals surface area contributed by atoms with Crippen molar-refractivity contribution in [3.63, 3.8) is 0 Å². The normalized spacial score (nSPS) is 14.2. The van der Waals surface area contributed by atoms with Gasteiger partial charge in [0.25, 0.3) is 0 Å². The maximum Gasteiger partial charge on any atom is 0.180 e. The Morgan fingerprint density at radius 1 is 1.24 bits per heavy atom. The van der Waals surface area contributed by atoms with Crippen molar-refractivity contribution in [1.29, 1.82) is 0 Å². The fraction of sp³-hybridized carbons (Fsp3) is 0.421. The zero-order chi connectivity index (χ0) is 16.8. The number of ether oxygens (including phenoxy) is 2. The molecule has 1 aliphatic carbocycles. The molecular weight excluding hydrogens is 359 g/mol. The van der Waals surface area contributed by atoms with Crippen LogP contribution in [0.1, 0.15) is 36.8 Å². The summed E-state index contributed by atoms with van der Waals surface area (Å²) in [6.45, 7) is 1.20. The maximum atomic E-state index is 6.43. The van der Waals surface area contributed by atoms with Gasteiger partial charge in [0.1, 0.15) is 6.61 Å². The zero-order valence-electron chi connectivity index (χ0n) is 14.3. The summed E-state index contributed by atoms with van der Waals surface area (Å²) in [7, 11) is 1.64. The molecule has 0 amide bonds. The van der Waals surface area contributed by atoms with E-state index in [1.807, 2.05) is 24.3 Å². The van der Waals surface area contributed by atoms with Gasteiger partial charge in [0.15, 0.2) is 11.5 Å². The third kappa shape index (κ3) is 5.50. The zero-order valence-corrected chi connectivity index (χ0v) is 15.9. The maximum absolute atomic E-state index is 6.43. The number of methoxy groups -OCH3 is 1. The molecule has 3 rings (SSSR count). The summed E-state index contributed by atoms with van der Waals surface area (Å²) >= 11 is 6.43. The fourth-order valence-electron chi connectivity index (χ4n) is 3.05. The summed E-state index contributed by atoms with van der Waals surface area (Å²) in [4.78, 5) is 4.09. The Morgan fingerprint density at radius 2 is 2.04 bits per heavy atom. The van der Waals surface area contributed by atoms with E-state index in [4.69, 9.17) is 21.1 Å². The number of rotatable bonds is 7. The van der Waals surface area contributed by atoms with Crippen molar-refractivity contribution < 1.29 is 9.47 Å². The van der Waals surface area contributed by atoms with Crippen LogP contribution in [0.3, 0.4) is 0 Å². The third-order valence-corrected chi connectivity index (χ3v) is 4.63. The number of nitrogens with one attached hydrogen (secondary N) is 1. The van der Waals surface area contributed by atoms with Gasteiger partial charge in [-0.05, 0) is 36.6 Å². The van der Waals surface area contributed by atoms with Gasteiger partial charge in [-0.15, -0.1) is 12.4 Å². The highest BCUT2D eigenvalue weighted by Crippen LogP contribution is 2.37. The highest BCUT2D eigenvalue weighted by molar-refractivity contribution is 6.32. The molecule has 1 saturated carbocycles. The van der Waals surface area contributed by atoms with E-state index >= 15 is 0 Å². The second-order valence-corrected chi connectivity index (χ2v) is 6.53. The Kier molecular flexibility index (Phi) is 7.82. The summed E-state index contributed by atoms with van der Waals surface area (Å²) in [5.74, 6) is 1.24. The second kappa shape index (κ2) is 9.85. The standard InChI is InChI=1S/C19H23ClN2O2.ClH/c1-23-18-10-15(12-22-16-6-2-3-7-16)9-17(20)19(18)24-13-14-5-4-8-21-11-14;/h4-5,8-11,16,22H,2-3,6-7,12-13H2,1H3;1H. The van der Waals surface area contributed by atoms with E-state index in [2.05, 4.69) is 10.3 Å². The lowest BCUT2D eigenvalue weighted by Gasteiger charge is -2.16. The first-order chi connectivity index (χ1) is 11.8. The monoisotopic (exact) mass is 382 g/mol. The van der Waals surface area contributed by atoms with Crippen LogP contribution in [-0.4, -0.2) is 18.1 Å². The largest absolute Gasteiger partial charge is 0.493 e. The molecule has 1 heterocycles. The van der Waals surface area contributed by atoms with E-state index in [1.165, 1.54) is 25.7 Å². The number of benzene rings is 1. The SMILES string of the molecule is COc1cc(CNC2CCCC2)cc(Cl)c1OCc1cccnc1.Cl. The summed E-state index contributed by atoms with van der Waals surface area (Å²) in [6.07, 6.45) is 8.68. The van der Waals surface area contributed by atoms with E-state index in [-0.39, 0.29) is 12.4 Å². The van der Waals surface area contributed by atoms with Crippen LogP contribution in [0.5, 0.6) is 11.5 Å². The molecule has 2 aromatic rings. The molecular formula is C19H24Cl2N2O2. The molecule has 1 N–H and O–H groups in total. The molecule has 1 fully saturated rings. The van der Waals surface area contributed by atoms with E-state index in [1.54, 1.807) is 19.5 Å². The Labute approximate surface area is 160 Å². The summed E-state index contributed by atoms with van der Waals surface area (Å²) < 4.78 is 11.3. The quantitative estimate of drug-likeness (QED) is 0.748. The highest BCUT2D eigenvalue weighted by atomic mass is 35.5. The Bertz CT molecular complexity index is 662. The lowest BCUT2D eigenvalue weighted by atomic mass is 10.1. The van der Waals surface area contributed by atoms with Gasteiger partial charge in [0.05, 0.1) is 12.1 Å². The lowest BCUT2D eigenvalue weighted by molar-refractivity contribution is 0.284. The van der Waals surface area contributed by atoms with Crippen molar-refractivity contribution in [1.82, 2.24) is 10.3 Å². The van der Waals surface area contributed by atoms with Gasteiger partial charge < -0.3 is 14.8 Å². The predicted molar refractivity (Wildman–Crippen MR) is 103 cm³/mol. The van der Waals surface area contributed by atoms with Gasteiger partial charge in [-0.1, -0.05) is 30.5 Å². The number of halogens is 2. The van der Waals surface area contributed by atoms with Crippen molar-refractivity contribution >= 4 is 24.0 Å². The average Bonchev–Trinajstić information content (AvgIpc) is 3.13. The van der Waals surface area contributed by atoms with Crippen LogP contribution < -0.4 is 14.8 Å². The lowest BCUT2D eigenvalue weighted by Crippen LogP contribution is -2.25. The first-order valence-electron chi connectivity index (χ1n) is 8.38. The van der Waals surface area contributed by atoms with Gasteiger partial charge in [0, 0.05) is 30.5 Å². The van der Waals surface area contributed by atoms with E-state index in [0.29, 0.717) is 29.2 Å². The van der Waals surface area contributed by atoms with Crippen molar-refractivity contribution in [2.24, 2.45) is 0 Å². The third-order valence-electron chi connectivity index (χ3n) is 4.35. The van der Waals surface area contributed by atoms with Gasteiger partial charge in [0.2, 0.25) is 0 Å². The second-order valence-electron chi connectivity index (χ2n) is 6.12. The molecule has 1 aromatic heterocycles. The van der Waals surface area contributed by atoms with Gasteiger partial charge in [-0.2, -0.15) is 0 Å². The van der Waals surface area contributed by atoms with Crippen molar-refractivity contribution in [3.8, 4) is 11.5 Å².